The Morgan fingerprint density at radius 1 is 1.50 bits per heavy atom. The number of fused-ring (bicyclic) bond motifs is 1. The highest BCUT2D eigenvalue weighted by Crippen LogP contribution is 2.15. The fraction of sp³-hybridized carbons (Fsp3) is 0.200. The van der Waals surface area contributed by atoms with Gasteiger partial charge in [-0.05, 0) is 24.1 Å². The molecule has 4 nitrogen and oxygen atoms in total. The molecule has 0 atom stereocenters. The molecule has 14 heavy (non-hydrogen) atoms. The zero-order valence-corrected chi connectivity index (χ0v) is 7.43. The van der Waals surface area contributed by atoms with Crippen LogP contribution in [-0.2, 0) is 11.2 Å². The molecule has 2 aromatic rings. The molecule has 0 amide bonds. The SMILES string of the molecule is O=C(O)CCc1ccc2nocc2c1. The standard InChI is InChI=1S/C10H9NO3/c12-10(13)4-2-7-1-3-9-8(5-7)6-14-11-9/h1,3,5-6H,2,4H2,(H,12,13). The third-order valence-corrected chi connectivity index (χ3v) is 2.05. The van der Waals surface area contributed by atoms with Gasteiger partial charge in [-0.15, -0.1) is 0 Å². The lowest BCUT2D eigenvalue weighted by Gasteiger charge is -1.97. The summed E-state index contributed by atoms with van der Waals surface area (Å²) in [5.41, 5.74) is 1.78. The quantitative estimate of drug-likeness (QED) is 0.804. The highest BCUT2D eigenvalue weighted by molar-refractivity contribution is 5.78. The number of carboxylic acid groups (broad SMARTS) is 1. The lowest BCUT2D eigenvalue weighted by molar-refractivity contribution is -0.136. The van der Waals surface area contributed by atoms with Gasteiger partial charge in [0.15, 0.2) is 0 Å². The Morgan fingerprint density at radius 2 is 2.36 bits per heavy atom. The van der Waals surface area contributed by atoms with E-state index in [0.717, 1.165) is 16.5 Å². The van der Waals surface area contributed by atoms with Crippen molar-refractivity contribution in [3.63, 3.8) is 0 Å². The van der Waals surface area contributed by atoms with E-state index in [1.54, 1.807) is 6.26 Å². The molecule has 72 valence electrons. The number of hydrogen-bond donors (Lipinski definition) is 1. The molecule has 1 aromatic carbocycles. The maximum atomic E-state index is 10.4. The van der Waals surface area contributed by atoms with Crippen molar-refractivity contribution < 1.29 is 14.4 Å². The van der Waals surface area contributed by atoms with Gasteiger partial charge < -0.3 is 9.63 Å². The number of hydrogen-bond acceptors (Lipinski definition) is 3. The van der Waals surface area contributed by atoms with Crippen LogP contribution in [-0.4, -0.2) is 16.2 Å². The molecule has 0 aliphatic carbocycles. The van der Waals surface area contributed by atoms with Gasteiger partial charge in [0.05, 0.1) is 0 Å². The first-order chi connectivity index (χ1) is 6.75. The van der Waals surface area contributed by atoms with Gasteiger partial charge in [0.2, 0.25) is 0 Å². The molecule has 4 heteroatoms. The van der Waals surface area contributed by atoms with E-state index < -0.39 is 5.97 Å². The Kier molecular flexibility index (Phi) is 2.18. The summed E-state index contributed by atoms with van der Waals surface area (Å²) >= 11 is 0. The summed E-state index contributed by atoms with van der Waals surface area (Å²) in [5.74, 6) is -0.782. The molecule has 1 heterocycles. The van der Waals surface area contributed by atoms with Crippen LogP contribution in [0.15, 0.2) is 29.0 Å². The Bertz CT molecular complexity index is 461. The van der Waals surface area contributed by atoms with Crippen LogP contribution in [0.1, 0.15) is 12.0 Å². The Hall–Kier alpha value is -1.84. The van der Waals surface area contributed by atoms with Crippen molar-refractivity contribution in [3.05, 3.63) is 30.0 Å². The average Bonchev–Trinajstić information content (AvgIpc) is 2.61. The third-order valence-electron chi connectivity index (χ3n) is 2.05. The number of carboxylic acids is 1. The van der Waals surface area contributed by atoms with Crippen molar-refractivity contribution in [2.45, 2.75) is 12.8 Å². The van der Waals surface area contributed by atoms with Crippen molar-refractivity contribution in [2.75, 3.05) is 0 Å². The van der Waals surface area contributed by atoms with Crippen molar-refractivity contribution >= 4 is 16.9 Å². The van der Waals surface area contributed by atoms with Crippen molar-refractivity contribution in [1.82, 2.24) is 5.16 Å². The van der Waals surface area contributed by atoms with Crippen LogP contribution in [0, 0.1) is 0 Å². The number of benzene rings is 1. The van der Waals surface area contributed by atoms with Gasteiger partial charge in [-0.25, -0.2) is 0 Å². The second-order valence-electron chi connectivity index (χ2n) is 3.10. The number of carbonyl (C=O) groups is 1. The predicted molar refractivity (Wildman–Crippen MR) is 50.0 cm³/mol. The van der Waals surface area contributed by atoms with Crippen LogP contribution in [0.3, 0.4) is 0 Å². The molecule has 0 radical (unpaired) electrons. The molecule has 1 N–H and O–H groups in total. The predicted octanol–water partition coefficient (Wildman–Crippen LogP) is 1.84. The van der Waals surface area contributed by atoms with Crippen molar-refractivity contribution in [1.29, 1.82) is 0 Å². The number of nitrogens with zero attached hydrogens (tertiary/aromatic N) is 1. The van der Waals surface area contributed by atoms with Gasteiger partial charge in [0.1, 0.15) is 11.8 Å². The van der Waals surface area contributed by atoms with Crippen molar-refractivity contribution in [3.8, 4) is 0 Å². The molecule has 2 rings (SSSR count). The highest BCUT2D eigenvalue weighted by Gasteiger charge is 2.02. The molecule has 1 aromatic heterocycles. The number of rotatable bonds is 3. The van der Waals surface area contributed by atoms with E-state index in [2.05, 4.69) is 5.16 Å². The third kappa shape index (κ3) is 1.74. The van der Waals surface area contributed by atoms with Gasteiger partial charge in [-0.3, -0.25) is 4.79 Å². The van der Waals surface area contributed by atoms with Crippen LogP contribution in [0.5, 0.6) is 0 Å². The minimum atomic E-state index is -0.782. The second kappa shape index (κ2) is 3.49. The molecule has 0 unspecified atom stereocenters. The smallest absolute Gasteiger partial charge is 0.303 e. The highest BCUT2D eigenvalue weighted by atomic mass is 16.5. The fourth-order valence-electron chi connectivity index (χ4n) is 1.33. The van der Waals surface area contributed by atoms with Gasteiger partial charge in [-0.1, -0.05) is 11.2 Å². The van der Waals surface area contributed by atoms with Gasteiger partial charge >= 0.3 is 5.97 Å². The number of aryl methyl sites for hydroxylation is 1. The largest absolute Gasteiger partial charge is 0.481 e. The van der Waals surface area contributed by atoms with E-state index in [0.29, 0.717) is 6.42 Å². The van der Waals surface area contributed by atoms with Gasteiger partial charge in [0.25, 0.3) is 0 Å². The summed E-state index contributed by atoms with van der Waals surface area (Å²) in [4.78, 5) is 10.4. The summed E-state index contributed by atoms with van der Waals surface area (Å²) < 4.78 is 4.78. The minimum Gasteiger partial charge on any atom is -0.481 e. The molecule has 0 aliphatic heterocycles. The van der Waals surface area contributed by atoms with Crippen LogP contribution in [0.2, 0.25) is 0 Å². The molecule has 0 bridgehead atoms. The summed E-state index contributed by atoms with van der Waals surface area (Å²) in [6.07, 6.45) is 2.24. The average molecular weight is 191 g/mol. The molecular weight excluding hydrogens is 182 g/mol. The molecular formula is C10H9NO3. The molecule has 0 saturated heterocycles. The lowest BCUT2D eigenvalue weighted by atomic mass is 10.1. The van der Waals surface area contributed by atoms with Gasteiger partial charge in [0, 0.05) is 11.8 Å². The maximum Gasteiger partial charge on any atom is 0.303 e. The van der Waals surface area contributed by atoms with Crippen LogP contribution < -0.4 is 0 Å². The van der Waals surface area contributed by atoms with Crippen molar-refractivity contribution in [2.24, 2.45) is 0 Å². The first kappa shape index (κ1) is 8.74. The van der Waals surface area contributed by atoms with Gasteiger partial charge in [-0.2, -0.15) is 0 Å². The Balaban J connectivity index is 2.21. The Labute approximate surface area is 80.1 Å². The van der Waals surface area contributed by atoms with E-state index in [9.17, 15) is 4.79 Å². The first-order valence-corrected chi connectivity index (χ1v) is 4.30. The first-order valence-electron chi connectivity index (χ1n) is 4.30. The summed E-state index contributed by atoms with van der Waals surface area (Å²) in [7, 11) is 0. The van der Waals surface area contributed by atoms with E-state index in [1.165, 1.54) is 0 Å². The minimum absolute atomic E-state index is 0.150. The van der Waals surface area contributed by atoms with E-state index >= 15 is 0 Å². The maximum absolute atomic E-state index is 10.4. The van der Waals surface area contributed by atoms with Crippen LogP contribution in [0.25, 0.3) is 10.9 Å². The summed E-state index contributed by atoms with van der Waals surface area (Å²) in [6.45, 7) is 0. The van der Waals surface area contributed by atoms with E-state index in [4.69, 9.17) is 9.63 Å². The monoisotopic (exact) mass is 191 g/mol. The topological polar surface area (TPSA) is 63.3 Å². The molecule has 0 fully saturated rings. The zero-order valence-electron chi connectivity index (χ0n) is 7.43. The molecule has 0 spiro atoms. The lowest BCUT2D eigenvalue weighted by Crippen LogP contribution is -1.96. The van der Waals surface area contributed by atoms with Crippen LogP contribution >= 0.6 is 0 Å². The molecule has 0 aliphatic rings. The second-order valence-corrected chi connectivity index (χ2v) is 3.10. The fourth-order valence-corrected chi connectivity index (χ4v) is 1.33. The zero-order chi connectivity index (χ0) is 9.97. The number of aromatic nitrogens is 1. The number of aliphatic carboxylic acids is 1. The Morgan fingerprint density at radius 3 is 3.14 bits per heavy atom. The van der Waals surface area contributed by atoms with E-state index in [1.807, 2.05) is 18.2 Å². The molecule has 0 saturated carbocycles. The van der Waals surface area contributed by atoms with E-state index in [-0.39, 0.29) is 6.42 Å². The summed E-state index contributed by atoms with van der Waals surface area (Å²) in [6, 6.07) is 5.60. The normalized spacial score (nSPS) is 10.6. The van der Waals surface area contributed by atoms with Crippen LogP contribution in [0.4, 0.5) is 0 Å². The summed E-state index contributed by atoms with van der Waals surface area (Å²) in [5, 5.41) is 13.2.